The molecule has 0 aromatic carbocycles. The fourth-order valence-corrected chi connectivity index (χ4v) is 3.40. The van der Waals surface area contributed by atoms with Gasteiger partial charge in [0, 0.05) is 18.0 Å². The van der Waals surface area contributed by atoms with Crippen molar-refractivity contribution in [3.8, 4) is 0 Å². The summed E-state index contributed by atoms with van der Waals surface area (Å²) in [6, 6.07) is 0.343. The van der Waals surface area contributed by atoms with E-state index in [0.29, 0.717) is 17.9 Å². The first-order chi connectivity index (χ1) is 8.16. The molecule has 2 aliphatic rings. The first-order valence-electron chi connectivity index (χ1n) is 7.18. The number of hydrogen-bond donors (Lipinski definition) is 2. The van der Waals surface area contributed by atoms with Gasteiger partial charge in [0.05, 0.1) is 0 Å². The smallest absolute Gasteiger partial charge is 0.226 e. The predicted octanol–water partition coefficient (Wildman–Crippen LogP) is 2.07. The number of rotatable bonds is 3. The maximum Gasteiger partial charge on any atom is 0.226 e. The highest BCUT2D eigenvalue weighted by molar-refractivity contribution is 5.83. The van der Waals surface area contributed by atoms with Gasteiger partial charge in [-0.05, 0) is 38.1 Å². The molecule has 2 unspecified atom stereocenters. The van der Waals surface area contributed by atoms with Crippen LogP contribution in [0.25, 0.3) is 0 Å². The molecule has 2 N–H and O–H groups in total. The zero-order chi connectivity index (χ0) is 12.3. The van der Waals surface area contributed by atoms with E-state index in [-0.39, 0.29) is 5.41 Å². The summed E-state index contributed by atoms with van der Waals surface area (Å²) in [4.78, 5) is 12.4. The standard InChI is InChI=1S/C14H26N2O/c1-3-14(6-4-5-7-14)13(17)16-12-8-11(2)9-15-10-12/h11-12,15H,3-10H2,1-2H3,(H,16,17). The molecule has 2 rings (SSSR count). The summed E-state index contributed by atoms with van der Waals surface area (Å²) < 4.78 is 0. The highest BCUT2D eigenvalue weighted by Crippen LogP contribution is 2.41. The Hall–Kier alpha value is -0.570. The monoisotopic (exact) mass is 238 g/mol. The molecule has 0 spiro atoms. The summed E-state index contributed by atoms with van der Waals surface area (Å²) in [7, 11) is 0. The van der Waals surface area contributed by atoms with Gasteiger partial charge in [0.25, 0.3) is 0 Å². The fourth-order valence-electron chi connectivity index (χ4n) is 3.40. The molecular weight excluding hydrogens is 212 g/mol. The Balaban J connectivity index is 1.91. The van der Waals surface area contributed by atoms with Crippen LogP contribution in [-0.4, -0.2) is 25.0 Å². The van der Waals surface area contributed by atoms with Gasteiger partial charge in [0.2, 0.25) is 5.91 Å². The van der Waals surface area contributed by atoms with E-state index in [0.717, 1.165) is 38.8 Å². The summed E-state index contributed by atoms with van der Waals surface area (Å²) >= 11 is 0. The Morgan fingerprint density at radius 1 is 1.35 bits per heavy atom. The minimum absolute atomic E-state index is 0.0410. The van der Waals surface area contributed by atoms with Crippen LogP contribution in [0.5, 0.6) is 0 Å². The molecule has 0 aromatic rings. The Bertz CT molecular complexity index is 271. The summed E-state index contributed by atoms with van der Waals surface area (Å²) in [6.07, 6.45) is 6.74. The Morgan fingerprint density at radius 2 is 2.06 bits per heavy atom. The molecule has 98 valence electrons. The molecule has 3 heteroatoms. The molecule has 3 nitrogen and oxygen atoms in total. The molecule has 2 fully saturated rings. The van der Waals surface area contributed by atoms with Crippen molar-refractivity contribution in [1.82, 2.24) is 10.6 Å². The molecule has 0 aromatic heterocycles. The van der Waals surface area contributed by atoms with Crippen molar-refractivity contribution < 1.29 is 4.79 Å². The summed E-state index contributed by atoms with van der Waals surface area (Å²) in [5, 5.41) is 6.68. The summed E-state index contributed by atoms with van der Waals surface area (Å²) in [5.41, 5.74) is -0.0410. The normalized spacial score (nSPS) is 32.4. The second kappa shape index (κ2) is 5.38. The lowest BCUT2D eigenvalue weighted by Crippen LogP contribution is -2.51. The lowest BCUT2D eigenvalue weighted by molar-refractivity contribution is -0.132. The third kappa shape index (κ3) is 2.82. The number of hydrogen-bond acceptors (Lipinski definition) is 2. The Kier molecular flexibility index (Phi) is 4.08. The minimum Gasteiger partial charge on any atom is -0.352 e. The van der Waals surface area contributed by atoms with Crippen molar-refractivity contribution in [1.29, 1.82) is 0 Å². The average Bonchev–Trinajstić information content (AvgIpc) is 2.78. The van der Waals surface area contributed by atoms with Gasteiger partial charge in [-0.25, -0.2) is 0 Å². The van der Waals surface area contributed by atoms with Crippen molar-refractivity contribution >= 4 is 5.91 Å². The molecule has 17 heavy (non-hydrogen) atoms. The number of amides is 1. The quantitative estimate of drug-likeness (QED) is 0.790. The highest BCUT2D eigenvalue weighted by Gasteiger charge is 2.40. The van der Waals surface area contributed by atoms with E-state index in [1.54, 1.807) is 0 Å². The van der Waals surface area contributed by atoms with Gasteiger partial charge in [-0.3, -0.25) is 4.79 Å². The zero-order valence-corrected chi connectivity index (χ0v) is 11.2. The Morgan fingerprint density at radius 3 is 2.65 bits per heavy atom. The molecule has 1 heterocycles. The van der Waals surface area contributed by atoms with E-state index in [2.05, 4.69) is 24.5 Å². The van der Waals surface area contributed by atoms with Crippen molar-refractivity contribution in [3.05, 3.63) is 0 Å². The summed E-state index contributed by atoms with van der Waals surface area (Å²) in [5.74, 6) is 0.994. The lowest BCUT2D eigenvalue weighted by atomic mass is 9.82. The SMILES string of the molecule is CCC1(C(=O)NC2CNCC(C)C2)CCCC1. The van der Waals surface area contributed by atoms with Crippen LogP contribution in [0.2, 0.25) is 0 Å². The predicted molar refractivity (Wildman–Crippen MR) is 69.8 cm³/mol. The first kappa shape index (κ1) is 12.9. The molecular formula is C14H26N2O. The van der Waals surface area contributed by atoms with E-state index in [4.69, 9.17) is 0 Å². The van der Waals surface area contributed by atoms with Gasteiger partial charge in [0.1, 0.15) is 0 Å². The number of carbonyl (C=O) groups excluding carboxylic acids is 1. The largest absolute Gasteiger partial charge is 0.352 e. The fraction of sp³-hybridized carbons (Fsp3) is 0.929. The van der Waals surface area contributed by atoms with Gasteiger partial charge in [0.15, 0.2) is 0 Å². The molecule has 1 saturated carbocycles. The molecule has 1 aliphatic carbocycles. The van der Waals surface area contributed by atoms with E-state index in [1.807, 2.05) is 0 Å². The van der Waals surface area contributed by atoms with Crippen LogP contribution >= 0.6 is 0 Å². The molecule has 0 radical (unpaired) electrons. The number of piperidine rings is 1. The maximum absolute atomic E-state index is 12.4. The lowest BCUT2D eigenvalue weighted by Gasteiger charge is -2.33. The van der Waals surface area contributed by atoms with Crippen molar-refractivity contribution in [2.24, 2.45) is 11.3 Å². The van der Waals surface area contributed by atoms with Gasteiger partial charge in [-0.1, -0.05) is 26.7 Å². The van der Waals surface area contributed by atoms with E-state index >= 15 is 0 Å². The summed E-state index contributed by atoms with van der Waals surface area (Å²) in [6.45, 7) is 6.43. The highest BCUT2D eigenvalue weighted by atomic mass is 16.2. The van der Waals surface area contributed by atoms with Crippen LogP contribution in [-0.2, 0) is 4.79 Å². The molecule has 1 saturated heterocycles. The van der Waals surface area contributed by atoms with Crippen LogP contribution in [0, 0.1) is 11.3 Å². The van der Waals surface area contributed by atoms with Crippen LogP contribution in [0.4, 0.5) is 0 Å². The third-order valence-corrected chi connectivity index (χ3v) is 4.62. The van der Waals surface area contributed by atoms with Crippen molar-refractivity contribution in [2.45, 2.75) is 58.4 Å². The minimum atomic E-state index is -0.0410. The third-order valence-electron chi connectivity index (χ3n) is 4.62. The van der Waals surface area contributed by atoms with Gasteiger partial charge in [-0.2, -0.15) is 0 Å². The van der Waals surface area contributed by atoms with Gasteiger partial charge >= 0.3 is 0 Å². The van der Waals surface area contributed by atoms with Crippen LogP contribution in [0.1, 0.15) is 52.4 Å². The first-order valence-corrected chi connectivity index (χ1v) is 7.18. The van der Waals surface area contributed by atoms with Gasteiger partial charge in [-0.15, -0.1) is 0 Å². The molecule has 2 atom stereocenters. The van der Waals surface area contributed by atoms with Gasteiger partial charge < -0.3 is 10.6 Å². The van der Waals surface area contributed by atoms with Crippen LogP contribution in [0.15, 0.2) is 0 Å². The van der Waals surface area contributed by atoms with E-state index < -0.39 is 0 Å². The topological polar surface area (TPSA) is 41.1 Å². The maximum atomic E-state index is 12.4. The second-order valence-electron chi connectivity index (χ2n) is 6.01. The molecule has 0 bridgehead atoms. The number of carbonyl (C=O) groups is 1. The Labute approximate surface area is 105 Å². The van der Waals surface area contributed by atoms with E-state index in [9.17, 15) is 4.79 Å². The number of nitrogens with one attached hydrogen (secondary N) is 2. The van der Waals surface area contributed by atoms with E-state index in [1.165, 1.54) is 12.8 Å². The molecule has 1 aliphatic heterocycles. The van der Waals surface area contributed by atoms with Crippen molar-refractivity contribution in [2.75, 3.05) is 13.1 Å². The average molecular weight is 238 g/mol. The van der Waals surface area contributed by atoms with Crippen LogP contribution in [0.3, 0.4) is 0 Å². The van der Waals surface area contributed by atoms with Crippen molar-refractivity contribution in [3.63, 3.8) is 0 Å². The van der Waals surface area contributed by atoms with Crippen LogP contribution < -0.4 is 10.6 Å². The second-order valence-corrected chi connectivity index (χ2v) is 6.01. The zero-order valence-electron chi connectivity index (χ0n) is 11.2. The molecule has 1 amide bonds.